The molecular formula is C16H20BrNO2. The van der Waals surface area contributed by atoms with Crippen LogP contribution in [0.2, 0.25) is 0 Å². The number of halogens is 1. The predicted octanol–water partition coefficient (Wildman–Crippen LogP) is 2.89. The molecule has 0 aromatic heterocycles. The zero-order valence-corrected chi connectivity index (χ0v) is 13.4. The summed E-state index contributed by atoms with van der Waals surface area (Å²) < 4.78 is 6.76. The van der Waals surface area contributed by atoms with Gasteiger partial charge in [-0.05, 0) is 37.1 Å². The maximum atomic E-state index is 12.7. The zero-order valence-electron chi connectivity index (χ0n) is 11.8. The van der Waals surface area contributed by atoms with Gasteiger partial charge in [-0.1, -0.05) is 22.9 Å². The molecule has 2 aliphatic rings. The number of nitrogens with one attached hydrogen (secondary N) is 1. The third-order valence-electron chi connectivity index (χ3n) is 4.45. The first-order valence-corrected chi connectivity index (χ1v) is 8.06. The molecule has 108 valence electrons. The van der Waals surface area contributed by atoms with Crippen LogP contribution in [0.25, 0.3) is 0 Å². The SMILES string of the molecule is CC1(C(=O)Cc2cc(Br)cc3c2OCC3)CCCNC1. The molecule has 1 fully saturated rings. The van der Waals surface area contributed by atoms with Crippen LogP contribution >= 0.6 is 15.9 Å². The Morgan fingerprint density at radius 3 is 3.10 bits per heavy atom. The molecule has 3 nitrogen and oxygen atoms in total. The minimum atomic E-state index is -0.230. The summed E-state index contributed by atoms with van der Waals surface area (Å²) in [5, 5.41) is 3.34. The molecule has 1 aromatic rings. The molecule has 1 atom stereocenters. The third kappa shape index (κ3) is 2.63. The molecule has 1 saturated heterocycles. The maximum absolute atomic E-state index is 12.7. The zero-order chi connectivity index (χ0) is 14.2. The van der Waals surface area contributed by atoms with Gasteiger partial charge < -0.3 is 10.1 Å². The fourth-order valence-electron chi connectivity index (χ4n) is 3.16. The highest BCUT2D eigenvalue weighted by molar-refractivity contribution is 9.10. The third-order valence-corrected chi connectivity index (χ3v) is 4.90. The Morgan fingerprint density at radius 2 is 2.35 bits per heavy atom. The van der Waals surface area contributed by atoms with E-state index in [1.165, 1.54) is 5.56 Å². The molecule has 2 aliphatic heterocycles. The van der Waals surface area contributed by atoms with E-state index in [0.717, 1.165) is 54.7 Å². The van der Waals surface area contributed by atoms with Crippen molar-refractivity contribution in [3.63, 3.8) is 0 Å². The monoisotopic (exact) mass is 337 g/mol. The number of ether oxygens (including phenoxy) is 1. The molecule has 0 bridgehead atoms. The van der Waals surface area contributed by atoms with Gasteiger partial charge in [-0.3, -0.25) is 4.79 Å². The van der Waals surface area contributed by atoms with Crippen LogP contribution in [0.3, 0.4) is 0 Å². The highest BCUT2D eigenvalue weighted by Crippen LogP contribution is 2.35. The van der Waals surface area contributed by atoms with E-state index in [0.29, 0.717) is 12.2 Å². The lowest BCUT2D eigenvalue weighted by molar-refractivity contribution is -0.128. The Kier molecular flexibility index (Phi) is 3.87. The fraction of sp³-hybridized carbons (Fsp3) is 0.562. The van der Waals surface area contributed by atoms with E-state index in [2.05, 4.69) is 34.2 Å². The van der Waals surface area contributed by atoms with Gasteiger partial charge in [-0.2, -0.15) is 0 Å². The van der Waals surface area contributed by atoms with Crippen molar-refractivity contribution in [3.05, 3.63) is 27.7 Å². The summed E-state index contributed by atoms with van der Waals surface area (Å²) in [6.45, 7) is 4.63. The Hall–Kier alpha value is -0.870. The van der Waals surface area contributed by atoms with Crippen LogP contribution in [-0.4, -0.2) is 25.5 Å². The molecule has 2 heterocycles. The number of carbonyl (C=O) groups excluding carboxylic acids is 1. The number of hydrogen-bond acceptors (Lipinski definition) is 3. The second-order valence-electron chi connectivity index (χ2n) is 6.09. The number of hydrogen-bond donors (Lipinski definition) is 1. The Balaban J connectivity index is 1.83. The number of piperidine rings is 1. The first kappa shape index (κ1) is 14.1. The summed E-state index contributed by atoms with van der Waals surface area (Å²) in [7, 11) is 0. The summed E-state index contributed by atoms with van der Waals surface area (Å²) in [6.07, 6.45) is 3.47. The normalized spacial score (nSPS) is 25.1. The van der Waals surface area contributed by atoms with Gasteiger partial charge in [0.2, 0.25) is 0 Å². The van der Waals surface area contributed by atoms with Gasteiger partial charge in [0.1, 0.15) is 11.5 Å². The number of benzene rings is 1. The van der Waals surface area contributed by atoms with Crippen LogP contribution in [0.5, 0.6) is 5.75 Å². The van der Waals surface area contributed by atoms with Crippen molar-refractivity contribution in [2.45, 2.75) is 32.6 Å². The summed E-state index contributed by atoms with van der Waals surface area (Å²) in [5.41, 5.74) is 2.02. The lowest BCUT2D eigenvalue weighted by atomic mass is 9.77. The molecule has 1 N–H and O–H groups in total. The van der Waals surface area contributed by atoms with Gasteiger partial charge in [0, 0.05) is 34.8 Å². The smallest absolute Gasteiger partial charge is 0.144 e. The first-order chi connectivity index (χ1) is 9.58. The van der Waals surface area contributed by atoms with E-state index in [1.807, 2.05) is 6.07 Å². The van der Waals surface area contributed by atoms with E-state index in [9.17, 15) is 4.79 Å². The number of ketones is 1. The van der Waals surface area contributed by atoms with Gasteiger partial charge in [-0.15, -0.1) is 0 Å². The van der Waals surface area contributed by atoms with Crippen molar-refractivity contribution >= 4 is 21.7 Å². The molecular weight excluding hydrogens is 318 g/mol. The Morgan fingerprint density at radius 1 is 1.50 bits per heavy atom. The average Bonchev–Trinajstić information content (AvgIpc) is 2.87. The number of Topliss-reactive ketones (excluding diaryl/α,β-unsaturated/α-hetero) is 1. The second-order valence-corrected chi connectivity index (χ2v) is 7.01. The molecule has 1 aromatic carbocycles. The molecule has 20 heavy (non-hydrogen) atoms. The van der Waals surface area contributed by atoms with Crippen molar-refractivity contribution in [3.8, 4) is 5.75 Å². The summed E-state index contributed by atoms with van der Waals surface area (Å²) in [6, 6.07) is 4.13. The Bertz CT molecular complexity index is 536. The lowest BCUT2D eigenvalue weighted by Crippen LogP contribution is -2.44. The molecule has 0 aliphatic carbocycles. The van der Waals surface area contributed by atoms with Gasteiger partial charge in [0.15, 0.2) is 0 Å². The summed E-state index contributed by atoms with van der Waals surface area (Å²) in [5.74, 6) is 1.26. The van der Waals surface area contributed by atoms with Crippen molar-refractivity contribution in [1.82, 2.24) is 5.32 Å². The fourth-order valence-corrected chi connectivity index (χ4v) is 3.71. The second kappa shape index (κ2) is 5.49. The van der Waals surface area contributed by atoms with Crippen LogP contribution in [0.1, 0.15) is 30.9 Å². The largest absolute Gasteiger partial charge is 0.493 e. The molecule has 0 radical (unpaired) electrons. The van der Waals surface area contributed by atoms with Crippen LogP contribution in [-0.2, 0) is 17.6 Å². The van der Waals surface area contributed by atoms with Gasteiger partial charge in [0.05, 0.1) is 6.61 Å². The molecule has 3 rings (SSSR count). The molecule has 0 amide bonds. The van der Waals surface area contributed by atoms with Crippen molar-refractivity contribution in [2.75, 3.05) is 19.7 Å². The van der Waals surface area contributed by atoms with Gasteiger partial charge >= 0.3 is 0 Å². The van der Waals surface area contributed by atoms with Crippen LogP contribution in [0.4, 0.5) is 0 Å². The van der Waals surface area contributed by atoms with E-state index in [-0.39, 0.29) is 5.41 Å². The van der Waals surface area contributed by atoms with Crippen molar-refractivity contribution in [1.29, 1.82) is 0 Å². The molecule has 0 spiro atoms. The Labute approximate surface area is 128 Å². The minimum Gasteiger partial charge on any atom is -0.493 e. The molecule has 1 unspecified atom stereocenters. The summed E-state index contributed by atoms with van der Waals surface area (Å²) in [4.78, 5) is 12.7. The quantitative estimate of drug-likeness (QED) is 0.921. The topological polar surface area (TPSA) is 38.3 Å². The highest BCUT2D eigenvalue weighted by Gasteiger charge is 2.35. The van der Waals surface area contributed by atoms with Gasteiger partial charge in [0.25, 0.3) is 0 Å². The van der Waals surface area contributed by atoms with Crippen LogP contribution in [0.15, 0.2) is 16.6 Å². The van der Waals surface area contributed by atoms with E-state index < -0.39 is 0 Å². The molecule has 0 saturated carbocycles. The van der Waals surface area contributed by atoms with Crippen molar-refractivity contribution in [2.24, 2.45) is 5.41 Å². The highest BCUT2D eigenvalue weighted by atomic mass is 79.9. The number of rotatable bonds is 3. The maximum Gasteiger partial charge on any atom is 0.144 e. The van der Waals surface area contributed by atoms with E-state index in [1.54, 1.807) is 0 Å². The standard InChI is InChI=1S/C16H20BrNO2/c1-16(4-2-5-18-10-16)14(19)9-12-8-13(17)7-11-3-6-20-15(11)12/h7-8,18H,2-6,9-10H2,1H3. The predicted molar refractivity (Wildman–Crippen MR) is 82.3 cm³/mol. The van der Waals surface area contributed by atoms with E-state index >= 15 is 0 Å². The average molecular weight is 338 g/mol. The number of carbonyl (C=O) groups is 1. The summed E-state index contributed by atoms with van der Waals surface area (Å²) >= 11 is 3.54. The lowest BCUT2D eigenvalue weighted by Gasteiger charge is -2.32. The van der Waals surface area contributed by atoms with Gasteiger partial charge in [-0.25, -0.2) is 0 Å². The molecule has 4 heteroatoms. The number of fused-ring (bicyclic) bond motifs is 1. The minimum absolute atomic E-state index is 0.230. The van der Waals surface area contributed by atoms with Crippen LogP contribution in [0, 0.1) is 5.41 Å². The van der Waals surface area contributed by atoms with Crippen molar-refractivity contribution < 1.29 is 9.53 Å². The van der Waals surface area contributed by atoms with Crippen LogP contribution < -0.4 is 10.1 Å². The van der Waals surface area contributed by atoms with E-state index in [4.69, 9.17) is 4.74 Å². The first-order valence-electron chi connectivity index (χ1n) is 7.27.